The Morgan fingerprint density at radius 1 is 1.19 bits per heavy atom. The van der Waals surface area contributed by atoms with Crippen LogP contribution in [0.3, 0.4) is 0 Å². The molecule has 2 aromatic rings. The molecule has 0 atom stereocenters. The summed E-state index contributed by atoms with van der Waals surface area (Å²) in [4.78, 5) is 26.7. The van der Waals surface area contributed by atoms with Gasteiger partial charge in [-0.3, -0.25) is 9.59 Å². The second-order valence-corrected chi connectivity index (χ2v) is 5.96. The van der Waals surface area contributed by atoms with Crippen molar-refractivity contribution in [2.75, 3.05) is 18.6 Å². The van der Waals surface area contributed by atoms with Gasteiger partial charge in [0.05, 0.1) is 12.8 Å². The number of hydrogen-bond donors (Lipinski definition) is 1. The zero-order valence-electron chi connectivity index (χ0n) is 14.9. The first kappa shape index (κ1) is 17.7. The SMILES string of the molecule is CCCCN1C(=O)/C(=N\NC(=O)c2ccccc2)c2ccc(OC)cc21. The van der Waals surface area contributed by atoms with Gasteiger partial charge >= 0.3 is 0 Å². The molecule has 0 aromatic heterocycles. The molecule has 26 heavy (non-hydrogen) atoms. The molecule has 2 aromatic carbocycles. The van der Waals surface area contributed by atoms with Crippen LogP contribution >= 0.6 is 0 Å². The fourth-order valence-corrected chi connectivity index (χ4v) is 2.82. The second kappa shape index (κ2) is 7.82. The Labute approximate surface area is 152 Å². The number of unbranched alkanes of at least 4 members (excludes halogenated alkanes) is 1. The molecule has 0 unspecified atom stereocenters. The van der Waals surface area contributed by atoms with Gasteiger partial charge in [0.15, 0.2) is 5.71 Å². The zero-order chi connectivity index (χ0) is 18.5. The van der Waals surface area contributed by atoms with Crippen LogP contribution in [0.1, 0.15) is 35.7 Å². The van der Waals surface area contributed by atoms with Crippen molar-refractivity contribution in [1.29, 1.82) is 0 Å². The zero-order valence-corrected chi connectivity index (χ0v) is 14.9. The van der Waals surface area contributed by atoms with Gasteiger partial charge in [0, 0.05) is 23.7 Å². The van der Waals surface area contributed by atoms with Crippen LogP contribution in [0.5, 0.6) is 5.75 Å². The van der Waals surface area contributed by atoms with Crippen molar-refractivity contribution in [3.05, 3.63) is 59.7 Å². The van der Waals surface area contributed by atoms with E-state index in [4.69, 9.17) is 4.74 Å². The van der Waals surface area contributed by atoms with E-state index in [2.05, 4.69) is 17.5 Å². The highest BCUT2D eigenvalue weighted by molar-refractivity contribution is 6.54. The van der Waals surface area contributed by atoms with Crippen LogP contribution in [0, 0.1) is 0 Å². The third-order valence-electron chi connectivity index (χ3n) is 4.24. The number of rotatable bonds is 6. The van der Waals surface area contributed by atoms with Gasteiger partial charge in [0.25, 0.3) is 11.8 Å². The molecule has 1 aliphatic heterocycles. The van der Waals surface area contributed by atoms with E-state index in [9.17, 15) is 9.59 Å². The summed E-state index contributed by atoms with van der Waals surface area (Å²) in [6.45, 7) is 2.67. The molecule has 0 bridgehead atoms. The highest BCUT2D eigenvalue weighted by Crippen LogP contribution is 2.33. The molecule has 134 valence electrons. The smallest absolute Gasteiger partial charge is 0.279 e. The van der Waals surface area contributed by atoms with Crippen LogP contribution in [0.15, 0.2) is 53.6 Å². The summed E-state index contributed by atoms with van der Waals surface area (Å²) in [7, 11) is 1.59. The Kier molecular flexibility index (Phi) is 5.31. The number of methoxy groups -OCH3 is 1. The number of hydrogen-bond acceptors (Lipinski definition) is 4. The van der Waals surface area contributed by atoms with E-state index in [1.54, 1.807) is 48.4 Å². The highest BCUT2D eigenvalue weighted by Gasteiger charge is 2.34. The lowest BCUT2D eigenvalue weighted by atomic mass is 10.1. The molecule has 6 nitrogen and oxygen atoms in total. The van der Waals surface area contributed by atoms with E-state index < -0.39 is 0 Å². The number of carbonyl (C=O) groups excluding carboxylic acids is 2. The summed E-state index contributed by atoms with van der Waals surface area (Å²) in [5, 5.41) is 4.12. The van der Waals surface area contributed by atoms with Gasteiger partial charge in [-0.15, -0.1) is 0 Å². The first-order valence-corrected chi connectivity index (χ1v) is 8.59. The summed E-state index contributed by atoms with van der Waals surface area (Å²) in [5.41, 5.74) is 4.67. The van der Waals surface area contributed by atoms with Crippen molar-refractivity contribution in [2.45, 2.75) is 19.8 Å². The van der Waals surface area contributed by atoms with Crippen LogP contribution in [0.4, 0.5) is 5.69 Å². The van der Waals surface area contributed by atoms with Crippen LogP contribution < -0.4 is 15.1 Å². The van der Waals surface area contributed by atoms with Crippen LogP contribution in [0.25, 0.3) is 0 Å². The van der Waals surface area contributed by atoms with Gasteiger partial charge in [-0.25, -0.2) is 5.43 Å². The summed E-state index contributed by atoms with van der Waals surface area (Å²) in [6.07, 6.45) is 1.85. The maximum absolute atomic E-state index is 12.8. The van der Waals surface area contributed by atoms with E-state index in [0.717, 1.165) is 18.5 Å². The summed E-state index contributed by atoms with van der Waals surface area (Å²) in [5.74, 6) is 0.107. The van der Waals surface area contributed by atoms with Gasteiger partial charge < -0.3 is 9.64 Å². The van der Waals surface area contributed by atoms with Gasteiger partial charge in [0.1, 0.15) is 5.75 Å². The number of nitrogens with one attached hydrogen (secondary N) is 1. The van der Waals surface area contributed by atoms with Crippen molar-refractivity contribution >= 4 is 23.2 Å². The molecule has 3 rings (SSSR count). The van der Waals surface area contributed by atoms with E-state index in [-0.39, 0.29) is 17.5 Å². The maximum Gasteiger partial charge on any atom is 0.279 e. The third-order valence-corrected chi connectivity index (χ3v) is 4.24. The monoisotopic (exact) mass is 351 g/mol. The van der Waals surface area contributed by atoms with Crippen LogP contribution in [-0.2, 0) is 4.79 Å². The molecule has 1 aliphatic rings. The lowest BCUT2D eigenvalue weighted by Gasteiger charge is -2.16. The number of anilines is 1. The van der Waals surface area contributed by atoms with Crippen LogP contribution in [0.2, 0.25) is 0 Å². The number of fused-ring (bicyclic) bond motifs is 1. The lowest BCUT2D eigenvalue weighted by Crippen LogP contribution is -2.32. The Morgan fingerprint density at radius 3 is 2.65 bits per heavy atom. The van der Waals surface area contributed by atoms with Gasteiger partial charge in [-0.05, 0) is 30.7 Å². The Bertz CT molecular complexity index is 847. The predicted molar refractivity (Wildman–Crippen MR) is 101 cm³/mol. The van der Waals surface area contributed by atoms with Gasteiger partial charge in [-0.2, -0.15) is 5.10 Å². The molecular formula is C20H21N3O3. The minimum Gasteiger partial charge on any atom is -0.497 e. The normalized spacial score (nSPS) is 14.5. The standard InChI is InChI=1S/C20H21N3O3/c1-3-4-12-23-17-13-15(26-2)10-11-16(17)18(20(23)25)21-22-19(24)14-8-6-5-7-9-14/h5-11,13H,3-4,12H2,1-2H3,(H,22,24)/b21-18-. The van der Waals surface area contributed by atoms with Crippen molar-refractivity contribution in [2.24, 2.45) is 5.10 Å². The summed E-state index contributed by atoms with van der Waals surface area (Å²) in [6, 6.07) is 14.2. The largest absolute Gasteiger partial charge is 0.497 e. The quantitative estimate of drug-likeness (QED) is 0.814. The Hall–Kier alpha value is -3.15. The van der Waals surface area contributed by atoms with Gasteiger partial charge in [0.2, 0.25) is 0 Å². The van der Waals surface area contributed by atoms with Crippen molar-refractivity contribution in [3.63, 3.8) is 0 Å². The molecule has 0 fully saturated rings. The molecular weight excluding hydrogens is 330 g/mol. The van der Waals surface area contributed by atoms with E-state index in [0.29, 0.717) is 23.4 Å². The molecule has 0 saturated heterocycles. The van der Waals surface area contributed by atoms with E-state index >= 15 is 0 Å². The number of hydrazone groups is 1. The Morgan fingerprint density at radius 2 is 1.96 bits per heavy atom. The second-order valence-electron chi connectivity index (χ2n) is 5.96. The minimum absolute atomic E-state index is 0.213. The van der Waals surface area contributed by atoms with Crippen molar-refractivity contribution in [1.82, 2.24) is 5.43 Å². The van der Waals surface area contributed by atoms with E-state index in [1.807, 2.05) is 12.1 Å². The van der Waals surface area contributed by atoms with Crippen LogP contribution in [-0.4, -0.2) is 31.2 Å². The number of nitrogens with zero attached hydrogens (tertiary/aromatic N) is 2. The van der Waals surface area contributed by atoms with Gasteiger partial charge in [-0.1, -0.05) is 31.5 Å². The molecule has 0 aliphatic carbocycles. The molecule has 2 amide bonds. The molecule has 6 heteroatoms. The lowest BCUT2D eigenvalue weighted by molar-refractivity contribution is -0.112. The fourth-order valence-electron chi connectivity index (χ4n) is 2.82. The average molecular weight is 351 g/mol. The molecule has 1 heterocycles. The van der Waals surface area contributed by atoms with Crippen molar-refractivity contribution in [3.8, 4) is 5.75 Å². The number of carbonyl (C=O) groups is 2. The minimum atomic E-state index is -0.354. The number of ether oxygens (including phenoxy) is 1. The topological polar surface area (TPSA) is 71.0 Å². The average Bonchev–Trinajstić information content (AvgIpc) is 2.95. The highest BCUT2D eigenvalue weighted by atomic mass is 16.5. The molecule has 1 N–H and O–H groups in total. The van der Waals surface area contributed by atoms with Crippen molar-refractivity contribution < 1.29 is 14.3 Å². The fraction of sp³-hybridized carbons (Fsp3) is 0.250. The first-order valence-electron chi connectivity index (χ1n) is 8.59. The molecule has 0 radical (unpaired) electrons. The summed E-state index contributed by atoms with van der Waals surface area (Å²) < 4.78 is 5.27. The number of benzene rings is 2. The first-order chi connectivity index (χ1) is 12.7. The van der Waals surface area contributed by atoms with E-state index in [1.165, 1.54) is 0 Å². The Balaban J connectivity index is 1.90. The third kappa shape index (κ3) is 3.44. The predicted octanol–water partition coefficient (Wildman–Crippen LogP) is 2.98. The molecule has 0 spiro atoms. The summed E-state index contributed by atoms with van der Waals surface area (Å²) >= 11 is 0. The molecule has 0 saturated carbocycles. The maximum atomic E-state index is 12.8. The number of amides is 2.